The van der Waals surface area contributed by atoms with Gasteiger partial charge in [0.15, 0.2) is 4.34 Å². The average Bonchev–Trinajstić information content (AvgIpc) is 3.15. The zero-order valence-corrected chi connectivity index (χ0v) is 12.3. The van der Waals surface area contributed by atoms with Crippen molar-refractivity contribution < 1.29 is 4.79 Å². The molecule has 3 rings (SSSR count). The van der Waals surface area contributed by atoms with E-state index in [0.717, 1.165) is 28.0 Å². The van der Waals surface area contributed by atoms with Crippen LogP contribution >= 0.6 is 23.1 Å². The first-order valence-electron chi connectivity index (χ1n) is 6.37. The number of thioether (sulfide) groups is 1. The summed E-state index contributed by atoms with van der Waals surface area (Å²) in [7, 11) is 0. The van der Waals surface area contributed by atoms with Crippen LogP contribution in [0.4, 0.5) is 10.8 Å². The Hall–Kier alpha value is -1.60. The van der Waals surface area contributed by atoms with Crippen molar-refractivity contribution in [3.05, 3.63) is 30.3 Å². The molecule has 1 aliphatic rings. The number of rotatable bonds is 6. The highest BCUT2D eigenvalue weighted by molar-refractivity contribution is 8.01. The third kappa shape index (κ3) is 3.94. The fraction of sp³-hybridized carbons (Fsp3) is 0.308. The second-order valence-electron chi connectivity index (χ2n) is 4.49. The fourth-order valence-corrected chi connectivity index (χ4v) is 3.17. The Bertz CT molecular complexity index is 583. The molecule has 0 saturated heterocycles. The van der Waals surface area contributed by atoms with Crippen LogP contribution in [0.2, 0.25) is 0 Å². The van der Waals surface area contributed by atoms with Crippen molar-refractivity contribution in [2.24, 2.45) is 0 Å². The highest BCUT2D eigenvalue weighted by Crippen LogP contribution is 2.27. The van der Waals surface area contributed by atoms with E-state index in [4.69, 9.17) is 0 Å². The van der Waals surface area contributed by atoms with Crippen molar-refractivity contribution in [1.29, 1.82) is 0 Å². The number of hydrogen-bond acceptors (Lipinski definition) is 6. The van der Waals surface area contributed by atoms with Gasteiger partial charge in [0.25, 0.3) is 0 Å². The van der Waals surface area contributed by atoms with Crippen LogP contribution in [0.1, 0.15) is 12.8 Å². The molecule has 0 atom stereocenters. The molecule has 0 radical (unpaired) electrons. The molecule has 1 heterocycles. The van der Waals surface area contributed by atoms with E-state index in [1.54, 1.807) is 0 Å². The highest BCUT2D eigenvalue weighted by Gasteiger charge is 2.23. The normalized spacial score (nSPS) is 14.0. The molecule has 1 fully saturated rings. The van der Waals surface area contributed by atoms with Gasteiger partial charge >= 0.3 is 0 Å². The SMILES string of the molecule is O=C(CSc1nnc(Nc2ccccc2)s1)NC1CC1. The summed E-state index contributed by atoms with van der Waals surface area (Å²) < 4.78 is 0.800. The number of benzene rings is 1. The van der Waals surface area contributed by atoms with Gasteiger partial charge in [-0.1, -0.05) is 41.3 Å². The van der Waals surface area contributed by atoms with Crippen LogP contribution in [-0.2, 0) is 4.79 Å². The molecular formula is C13H14N4OS2. The standard InChI is InChI=1S/C13H14N4OS2/c18-11(14-10-6-7-10)8-19-13-17-16-12(20-13)15-9-4-2-1-3-5-9/h1-5,10H,6-8H2,(H,14,18)(H,15,16). The number of nitrogens with zero attached hydrogens (tertiary/aromatic N) is 2. The van der Waals surface area contributed by atoms with E-state index in [0.29, 0.717) is 11.8 Å². The van der Waals surface area contributed by atoms with Gasteiger partial charge in [0.2, 0.25) is 11.0 Å². The van der Waals surface area contributed by atoms with Gasteiger partial charge in [-0.2, -0.15) is 0 Å². The molecule has 1 amide bonds. The van der Waals surface area contributed by atoms with Gasteiger partial charge in [-0.3, -0.25) is 4.79 Å². The van der Waals surface area contributed by atoms with Gasteiger partial charge in [0.05, 0.1) is 5.75 Å². The third-order valence-electron chi connectivity index (χ3n) is 2.70. The molecule has 1 saturated carbocycles. The van der Waals surface area contributed by atoms with Gasteiger partial charge in [0.1, 0.15) is 0 Å². The topological polar surface area (TPSA) is 66.9 Å². The summed E-state index contributed by atoms with van der Waals surface area (Å²) in [6, 6.07) is 10.2. The molecule has 7 heteroatoms. The van der Waals surface area contributed by atoms with E-state index in [9.17, 15) is 4.79 Å². The minimum atomic E-state index is 0.0743. The van der Waals surface area contributed by atoms with Crippen molar-refractivity contribution in [3.8, 4) is 0 Å². The smallest absolute Gasteiger partial charge is 0.230 e. The zero-order valence-electron chi connectivity index (χ0n) is 10.7. The quantitative estimate of drug-likeness (QED) is 0.803. The average molecular weight is 306 g/mol. The lowest BCUT2D eigenvalue weighted by Gasteiger charge is -2.00. The van der Waals surface area contributed by atoms with Crippen LogP contribution in [0.15, 0.2) is 34.7 Å². The summed E-state index contributed by atoms with van der Waals surface area (Å²) in [4.78, 5) is 11.6. The maximum atomic E-state index is 11.6. The molecule has 0 spiro atoms. The first-order chi connectivity index (χ1) is 9.79. The van der Waals surface area contributed by atoms with Crippen LogP contribution in [0, 0.1) is 0 Å². The monoisotopic (exact) mass is 306 g/mol. The molecular weight excluding hydrogens is 292 g/mol. The van der Waals surface area contributed by atoms with Crippen molar-refractivity contribution in [2.75, 3.05) is 11.1 Å². The van der Waals surface area contributed by atoms with E-state index < -0.39 is 0 Å². The molecule has 1 aromatic carbocycles. The molecule has 5 nitrogen and oxygen atoms in total. The summed E-state index contributed by atoms with van der Waals surface area (Å²) in [5.41, 5.74) is 0.978. The molecule has 1 aliphatic carbocycles. The Morgan fingerprint density at radius 1 is 1.30 bits per heavy atom. The second kappa shape index (κ2) is 6.23. The Morgan fingerprint density at radius 2 is 2.10 bits per heavy atom. The summed E-state index contributed by atoms with van der Waals surface area (Å²) >= 11 is 2.88. The summed E-state index contributed by atoms with van der Waals surface area (Å²) in [6.07, 6.45) is 2.22. The number of nitrogens with one attached hydrogen (secondary N) is 2. The van der Waals surface area contributed by atoms with Gasteiger partial charge in [-0.25, -0.2) is 0 Å². The van der Waals surface area contributed by atoms with Crippen molar-refractivity contribution in [3.63, 3.8) is 0 Å². The minimum Gasteiger partial charge on any atom is -0.353 e. The number of para-hydroxylation sites is 1. The minimum absolute atomic E-state index is 0.0743. The van der Waals surface area contributed by atoms with E-state index in [-0.39, 0.29) is 5.91 Å². The Balaban J connectivity index is 1.50. The number of carbonyl (C=O) groups is 1. The number of amides is 1. The van der Waals surface area contributed by atoms with E-state index in [1.165, 1.54) is 23.1 Å². The van der Waals surface area contributed by atoms with E-state index in [2.05, 4.69) is 20.8 Å². The van der Waals surface area contributed by atoms with Crippen molar-refractivity contribution in [2.45, 2.75) is 23.2 Å². The predicted molar refractivity (Wildman–Crippen MR) is 81.5 cm³/mol. The Kier molecular flexibility index (Phi) is 4.17. The van der Waals surface area contributed by atoms with Crippen molar-refractivity contribution >= 4 is 39.8 Å². The van der Waals surface area contributed by atoms with Gasteiger partial charge in [-0.15, -0.1) is 10.2 Å². The molecule has 1 aromatic heterocycles. The van der Waals surface area contributed by atoms with Gasteiger partial charge < -0.3 is 10.6 Å². The van der Waals surface area contributed by atoms with Crippen LogP contribution in [0.25, 0.3) is 0 Å². The second-order valence-corrected chi connectivity index (χ2v) is 6.69. The van der Waals surface area contributed by atoms with Crippen LogP contribution in [-0.4, -0.2) is 27.9 Å². The molecule has 20 heavy (non-hydrogen) atoms. The van der Waals surface area contributed by atoms with Crippen LogP contribution in [0.5, 0.6) is 0 Å². The van der Waals surface area contributed by atoms with E-state index >= 15 is 0 Å². The third-order valence-corrected chi connectivity index (χ3v) is 4.67. The van der Waals surface area contributed by atoms with Gasteiger partial charge in [0, 0.05) is 11.7 Å². The lowest BCUT2D eigenvalue weighted by Crippen LogP contribution is -2.26. The largest absolute Gasteiger partial charge is 0.353 e. The summed E-state index contributed by atoms with van der Waals surface area (Å²) in [5, 5.41) is 15.0. The Labute approximate surface area is 125 Å². The number of aromatic nitrogens is 2. The number of anilines is 2. The van der Waals surface area contributed by atoms with Crippen LogP contribution < -0.4 is 10.6 Å². The first kappa shape index (κ1) is 13.4. The summed E-state index contributed by atoms with van der Waals surface area (Å²) in [5.74, 6) is 0.474. The maximum absolute atomic E-state index is 11.6. The predicted octanol–water partition coefficient (Wildman–Crippen LogP) is 2.65. The number of hydrogen-bond donors (Lipinski definition) is 2. The molecule has 2 N–H and O–H groups in total. The Morgan fingerprint density at radius 3 is 2.85 bits per heavy atom. The lowest BCUT2D eigenvalue weighted by molar-refractivity contribution is -0.118. The maximum Gasteiger partial charge on any atom is 0.230 e. The lowest BCUT2D eigenvalue weighted by atomic mass is 10.3. The van der Waals surface area contributed by atoms with E-state index in [1.807, 2.05) is 30.3 Å². The molecule has 0 unspecified atom stereocenters. The molecule has 104 valence electrons. The molecule has 0 aliphatic heterocycles. The molecule has 2 aromatic rings. The summed E-state index contributed by atoms with van der Waals surface area (Å²) in [6.45, 7) is 0. The molecule has 0 bridgehead atoms. The van der Waals surface area contributed by atoms with Crippen LogP contribution in [0.3, 0.4) is 0 Å². The zero-order chi connectivity index (χ0) is 13.8. The highest BCUT2D eigenvalue weighted by atomic mass is 32.2. The number of carbonyl (C=O) groups excluding carboxylic acids is 1. The fourth-order valence-electron chi connectivity index (χ4n) is 1.59. The first-order valence-corrected chi connectivity index (χ1v) is 8.17. The van der Waals surface area contributed by atoms with Crippen molar-refractivity contribution in [1.82, 2.24) is 15.5 Å². The van der Waals surface area contributed by atoms with Gasteiger partial charge in [-0.05, 0) is 25.0 Å².